The van der Waals surface area contributed by atoms with Gasteiger partial charge in [0.1, 0.15) is 6.04 Å². The van der Waals surface area contributed by atoms with Crippen molar-refractivity contribution >= 4 is 11.8 Å². The number of aromatic nitrogens is 1. The van der Waals surface area contributed by atoms with Crippen molar-refractivity contribution in [2.24, 2.45) is 0 Å². The van der Waals surface area contributed by atoms with Crippen molar-refractivity contribution in [3.05, 3.63) is 106 Å². The predicted octanol–water partition coefficient (Wildman–Crippen LogP) is 3.27. The number of carbonyl (C=O) groups is 2. The highest BCUT2D eigenvalue weighted by atomic mass is 16.2. The van der Waals surface area contributed by atoms with Crippen molar-refractivity contribution in [1.29, 1.82) is 0 Å². The molecule has 0 aliphatic carbocycles. The minimum Gasteiger partial charge on any atom is -0.350 e. The molecular weight excluding hydrogens is 402 g/mol. The number of likely N-dealkylation sites (tertiary alicyclic amines) is 1. The van der Waals surface area contributed by atoms with E-state index in [1.807, 2.05) is 60.7 Å². The summed E-state index contributed by atoms with van der Waals surface area (Å²) in [5.41, 5.74) is 2.75. The average molecular weight is 430 g/mol. The van der Waals surface area contributed by atoms with Crippen LogP contribution in [0.15, 0.2) is 83.8 Å². The van der Waals surface area contributed by atoms with Gasteiger partial charge in [-0.1, -0.05) is 60.7 Å². The predicted molar refractivity (Wildman–Crippen MR) is 123 cm³/mol. The van der Waals surface area contributed by atoms with Gasteiger partial charge < -0.3 is 14.8 Å². The maximum Gasteiger partial charge on any atom is 0.250 e. The van der Waals surface area contributed by atoms with Crippen LogP contribution in [-0.4, -0.2) is 27.8 Å². The largest absolute Gasteiger partial charge is 0.350 e. The van der Waals surface area contributed by atoms with Crippen molar-refractivity contribution in [3.8, 4) is 0 Å². The second-order valence-corrected chi connectivity index (χ2v) is 8.06. The van der Waals surface area contributed by atoms with Gasteiger partial charge in [-0.2, -0.15) is 0 Å². The van der Waals surface area contributed by atoms with E-state index >= 15 is 0 Å². The van der Waals surface area contributed by atoms with Crippen molar-refractivity contribution in [2.75, 3.05) is 6.54 Å². The van der Waals surface area contributed by atoms with E-state index in [0.717, 1.165) is 29.5 Å². The standard InChI is InChI=1S/C26H27N3O3/c30-23-10-4-6-16-28(23)19-21-14-12-20(13-15-21)18-27-26(32)25(22-8-2-1-3-9-22)29-17-7-5-11-24(29)31/h1-4,6,8-10,12-16,25H,5,7,11,17-19H2,(H,27,32). The molecule has 32 heavy (non-hydrogen) atoms. The molecule has 3 aromatic rings. The molecular formula is C26H27N3O3. The van der Waals surface area contributed by atoms with Gasteiger partial charge in [0, 0.05) is 31.8 Å². The lowest BCUT2D eigenvalue weighted by Gasteiger charge is -2.34. The Morgan fingerprint density at radius 1 is 0.875 bits per heavy atom. The van der Waals surface area contributed by atoms with Crippen LogP contribution in [0.4, 0.5) is 0 Å². The first kappa shape index (κ1) is 21.6. The second-order valence-electron chi connectivity index (χ2n) is 8.06. The summed E-state index contributed by atoms with van der Waals surface area (Å²) in [6, 6.07) is 21.8. The number of nitrogens with one attached hydrogen (secondary N) is 1. The molecule has 2 aromatic carbocycles. The first-order valence-corrected chi connectivity index (χ1v) is 11.0. The molecule has 0 radical (unpaired) electrons. The molecule has 1 aliphatic rings. The molecule has 1 fully saturated rings. The van der Waals surface area contributed by atoms with E-state index in [4.69, 9.17) is 0 Å². The third-order valence-corrected chi connectivity index (χ3v) is 5.78. The van der Waals surface area contributed by atoms with Crippen LogP contribution in [-0.2, 0) is 22.7 Å². The van der Waals surface area contributed by atoms with Crippen molar-refractivity contribution in [3.63, 3.8) is 0 Å². The van der Waals surface area contributed by atoms with Gasteiger partial charge in [-0.05, 0) is 35.6 Å². The first-order valence-electron chi connectivity index (χ1n) is 11.0. The number of carbonyl (C=O) groups excluding carboxylic acids is 2. The number of pyridine rings is 1. The van der Waals surface area contributed by atoms with Crippen molar-refractivity contribution in [1.82, 2.24) is 14.8 Å². The molecule has 1 atom stereocenters. The molecule has 0 spiro atoms. The Kier molecular flexibility index (Phi) is 6.80. The average Bonchev–Trinajstić information content (AvgIpc) is 2.82. The zero-order chi connectivity index (χ0) is 22.3. The lowest BCUT2D eigenvalue weighted by atomic mass is 10.0. The summed E-state index contributed by atoms with van der Waals surface area (Å²) >= 11 is 0. The minimum atomic E-state index is -0.617. The Bertz CT molecular complexity index is 1120. The van der Waals surface area contributed by atoms with Gasteiger partial charge in [0.25, 0.3) is 5.56 Å². The zero-order valence-electron chi connectivity index (χ0n) is 17.9. The maximum atomic E-state index is 13.2. The summed E-state index contributed by atoms with van der Waals surface area (Å²) in [5.74, 6) is -0.146. The minimum absolute atomic E-state index is 0.0285. The van der Waals surface area contributed by atoms with Gasteiger partial charge >= 0.3 is 0 Å². The van der Waals surface area contributed by atoms with Crippen molar-refractivity contribution < 1.29 is 9.59 Å². The Morgan fingerprint density at radius 2 is 1.59 bits per heavy atom. The first-order chi connectivity index (χ1) is 15.6. The van der Waals surface area contributed by atoms with Gasteiger partial charge in [-0.25, -0.2) is 0 Å². The van der Waals surface area contributed by atoms with Crippen LogP contribution in [0.5, 0.6) is 0 Å². The molecule has 6 nitrogen and oxygen atoms in total. The molecule has 1 aromatic heterocycles. The lowest BCUT2D eigenvalue weighted by Crippen LogP contribution is -2.45. The van der Waals surface area contributed by atoms with Gasteiger partial charge in [-0.15, -0.1) is 0 Å². The third kappa shape index (κ3) is 5.14. The highest BCUT2D eigenvalue weighted by Crippen LogP contribution is 2.26. The van der Waals surface area contributed by atoms with E-state index in [0.29, 0.717) is 26.1 Å². The highest BCUT2D eigenvalue weighted by Gasteiger charge is 2.32. The van der Waals surface area contributed by atoms with E-state index in [9.17, 15) is 14.4 Å². The molecule has 0 bridgehead atoms. The Balaban J connectivity index is 1.43. The topological polar surface area (TPSA) is 71.4 Å². The monoisotopic (exact) mass is 429 g/mol. The summed E-state index contributed by atoms with van der Waals surface area (Å²) in [6.07, 6.45) is 4.04. The number of hydrogen-bond donors (Lipinski definition) is 1. The second kappa shape index (κ2) is 10.1. The van der Waals surface area contributed by atoms with Gasteiger partial charge in [0.05, 0.1) is 6.54 Å². The molecule has 164 valence electrons. The Hall–Kier alpha value is -3.67. The van der Waals surface area contributed by atoms with Gasteiger partial charge in [0.15, 0.2) is 0 Å². The van der Waals surface area contributed by atoms with Gasteiger partial charge in [0.2, 0.25) is 11.8 Å². The molecule has 6 heteroatoms. The Labute approximate surface area is 187 Å². The number of rotatable bonds is 7. The lowest BCUT2D eigenvalue weighted by molar-refractivity contribution is -0.142. The van der Waals surface area contributed by atoms with E-state index < -0.39 is 6.04 Å². The van der Waals surface area contributed by atoms with Crippen LogP contribution in [0, 0.1) is 0 Å². The number of piperidine rings is 1. The van der Waals surface area contributed by atoms with Gasteiger partial charge in [-0.3, -0.25) is 14.4 Å². The van der Waals surface area contributed by atoms with Crippen LogP contribution in [0.3, 0.4) is 0 Å². The fourth-order valence-electron chi connectivity index (χ4n) is 4.04. The fraction of sp³-hybridized carbons (Fsp3) is 0.269. The number of hydrogen-bond acceptors (Lipinski definition) is 3. The van der Waals surface area contributed by atoms with Crippen molar-refractivity contribution in [2.45, 2.75) is 38.4 Å². The normalized spacial score (nSPS) is 14.8. The summed E-state index contributed by atoms with van der Waals surface area (Å²) in [6.45, 7) is 1.47. The SMILES string of the molecule is O=C(NCc1ccc(Cn2ccccc2=O)cc1)C(c1ccccc1)N1CCCCC1=O. The molecule has 1 unspecified atom stereocenters. The molecule has 1 aliphatic heterocycles. The number of benzene rings is 2. The van der Waals surface area contributed by atoms with Crippen LogP contribution in [0.25, 0.3) is 0 Å². The summed E-state index contributed by atoms with van der Waals surface area (Å²) in [5, 5.41) is 3.01. The van der Waals surface area contributed by atoms with E-state index in [1.165, 1.54) is 0 Å². The summed E-state index contributed by atoms with van der Waals surface area (Å²) in [7, 11) is 0. The quantitative estimate of drug-likeness (QED) is 0.627. The third-order valence-electron chi connectivity index (χ3n) is 5.78. The van der Waals surface area contributed by atoms with E-state index in [-0.39, 0.29) is 17.4 Å². The van der Waals surface area contributed by atoms with E-state index in [2.05, 4.69) is 5.32 Å². The molecule has 1 saturated heterocycles. The van der Waals surface area contributed by atoms with Crippen LogP contribution in [0.2, 0.25) is 0 Å². The number of nitrogens with zero attached hydrogens (tertiary/aromatic N) is 2. The highest BCUT2D eigenvalue weighted by molar-refractivity contribution is 5.89. The molecule has 2 amide bonds. The molecule has 0 saturated carbocycles. The van der Waals surface area contributed by atoms with Crippen LogP contribution < -0.4 is 10.9 Å². The number of amides is 2. The smallest absolute Gasteiger partial charge is 0.250 e. The van der Waals surface area contributed by atoms with E-state index in [1.54, 1.807) is 27.8 Å². The molecule has 2 heterocycles. The summed E-state index contributed by atoms with van der Waals surface area (Å²) < 4.78 is 1.65. The van der Waals surface area contributed by atoms with Crippen LogP contribution >= 0.6 is 0 Å². The maximum absolute atomic E-state index is 13.2. The Morgan fingerprint density at radius 3 is 2.31 bits per heavy atom. The fourth-order valence-corrected chi connectivity index (χ4v) is 4.04. The summed E-state index contributed by atoms with van der Waals surface area (Å²) in [4.78, 5) is 39.3. The molecule has 1 N–H and O–H groups in total. The zero-order valence-corrected chi connectivity index (χ0v) is 17.9. The van der Waals surface area contributed by atoms with Crippen LogP contribution in [0.1, 0.15) is 42.0 Å². The molecule has 4 rings (SSSR count).